The first-order valence-electron chi connectivity index (χ1n) is 7.62. The number of nitrogens with one attached hydrogen (secondary N) is 1. The number of benzene rings is 1. The van der Waals surface area contributed by atoms with Crippen molar-refractivity contribution in [2.45, 2.75) is 31.7 Å². The van der Waals surface area contributed by atoms with Gasteiger partial charge in [-0.2, -0.15) is 0 Å². The molecule has 1 saturated carbocycles. The van der Waals surface area contributed by atoms with Crippen LogP contribution in [0.15, 0.2) is 18.2 Å². The number of rotatable bonds is 4. The third-order valence-electron chi connectivity index (χ3n) is 4.26. The van der Waals surface area contributed by atoms with Gasteiger partial charge in [-0.3, -0.25) is 4.79 Å². The third kappa shape index (κ3) is 3.90. The maximum atomic E-state index is 12.9. The quantitative estimate of drug-likeness (QED) is 0.759. The van der Waals surface area contributed by atoms with E-state index in [2.05, 4.69) is 32.8 Å². The average Bonchev–Trinajstić information content (AvgIpc) is 3.32. The van der Waals surface area contributed by atoms with E-state index in [-0.39, 0.29) is 5.91 Å². The van der Waals surface area contributed by atoms with Gasteiger partial charge in [0.1, 0.15) is 0 Å². The Bertz CT molecular complexity index is 527. The molecule has 1 saturated heterocycles. The van der Waals surface area contributed by atoms with Gasteiger partial charge in [0.15, 0.2) is 0 Å². The summed E-state index contributed by atoms with van der Waals surface area (Å²) in [6, 6.07) is 6.00. The molecular formula is C16H20ClIN2O. The second-order valence-electron chi connectivity index (χ2n) is 6.03. The van der Waals surface area contributed by atoms with Crippen LogP contribution >= 0.6 is 34.2 Å². The minimum absolute atomic E-state index is 0.148. The van der Waals surface area contributed by atoms with Crippen LogP contribution in [0, 0.1) is 9.49 Å². The van der Waals surface area contributed by atoms with Gasteiger partial charge in [-0.05, 0) is 85.5 Å². The van der Waals surface area contributed by atoms with Gasteiger partial charge in [0.2, 0.25) is 0 Å². The first kappa shape index (κ1) is 15.6. The van der Waals surface area contributed by atoms with Gasteiger partial charge in [0.25, 0.3) is 5.91 Å². The van der Waals surface area contributed by atoms with Crippen molar-refractivity contribution in [2.24, 2.45) is 5.92 Å². The number of nitrogens with zero attached hydrogens (tertiary/aromatic N) is 1. The zero-order chi connectivity index (χ0) is 14.8. The molecule has 0 radical (unpaired) electrons. The Morgan fingerprint density at radius 3 is 2.86 bits per heavy atom. The van der Waals surface area contributed by atoms with E-state index < -0.39 is 0 Å². The van der Waals surface area contributed by atoms with Crippen LogP contribution in [0.5, 0.6) is 0 Å². The summed E-state index contributed by atoms with van der Waals surface area (Å²) in [5.41, 5.74) is 0.749. The minimum atomic E-state index is 0.148. The number of hydrogen-bond donors (Lipinski definition) is 1. The van der Waals surface area contributed by atoms with Gasteiger partial charge >= 0.3 is 0 Å². The SMILES string of the molecule is O=C(c1cc(Cl)ccc1I)N(CC1CCCNC1)C1CC1. The van der Waals surface area contributed by atoms with Crippen molar-refractivity contribution in [3.05, 3.63) is 32.4 Å². The van der Waals surface area contributed by atoms with Gasteiger partial charge in [-0.1, -0.05) is 11.6 Å². The normalized spacial score (nSPS) is 22.1. The van der Waals surface area contributed by atoms with E-state index in [4.69, 9.17) is 11.6 Å². The largest absolute Gasteiger partial charge is 0.335 e. The highest BCUT2D eigenvalue weighted by molar-refractivity contribution is 14.1. The van der Waals surface area contributed by atoms with E-state index >= 15 is 0 Å². The first-order chi connectivity index (χ1) is 10.1. The lowest BCUT2D eigenvalue weighted by molar-refractivity contribution is 0.0703. The minimum Gasteiger partial charge on any atom is -0.335 e. The van der Waals surface area contributed by atoms with Crippen molar-refractivity contribution in [3.8, 4) is 0 Å². The predicted octanol–water partition coefficient (Wildman–Crippen LogP) is 3.55. The fraction of sp³-hybridized carbons (Fsp3) is 0.562. The second kappa shape index (κ2) is 6.84. The van der Waals surface area contributed by atoms with E-state index in [1.807, 2.05) is 12.1 Å². The Balaban J connectivity index is 1.76. The number of amides is 1. The Labute approximate surface area is 144 Å². The molecule has 0 spiro atoms. The molecular weight excluding hydrogens is 399 g/mol. The van der Waals surface area contributed by atoms with Crippen LogP contribution in [0.1, 0.15) is 36.0 Å². The molecule has 114 valence electrons. The van der Waals surface area contributed by atoms with Crippen LogP contribution in [0.4, 0.5) is 0 Å². The molecule has 1 aliphatic carbocycles. The smallest absolute Gasteiger partial charge is 0.255 e. The van der Waals surface area contributed by atoms with Crippen molar-refractivity contribution in [2.75, 3.05) is 19.6 Å². The molecule has 5 heteroatoms. The first-order valence-corrected chi connectivity index (χ1v) is 9.07. The zero-order valence-corrected chi connectivity index (χ0v) is 14.9. The molecule has 1 aliphatic heterocycles. The summed E-state index contributed by atoms with van der Waals surface area (Å²) < 4.78 is 0.981. The van der Waals surface area contributed by atoms with Gasteiger partial charge < -0.3 is 10.2 Å². The number of hydrogen-bond acceptors (Lipinski definition) is 2. The van der Waals surface area contributed by atoms with Gasteiger partial charge in [-0.25, -0.2) is 0 Å². The van der Waals surface area contributed by atoms with Crippen LogP contribution < -0.4 is 5.32 Å². The standard InChI is InChI=1S/C16H20ClIN2O/c17-12-3-6-15(18)14(8-12)16(21)20(13-4-5-13)10-11-2-1-7-19-9-11/h3,6,8,11,13,19H,1-2,4-5,7,9-10H2. The van der Waals surface area contributed by atoms with E-state index in [0.29, 0.717) is 17.0 Å². The van der Waals surface area contributed by atoms with Gasteiger partial charge in [0.05, 0.1) is 5.56 Å². The van der Waals surface area contributed by atoms with Crippen molar-refractivity contribution < 1.29 is 4.79 Å². The summed E-state index contributed by atoms with van der Waals surface area (Å²) >= 11 is 8.29. The van der Waals surface area contributed by atoms with E-state index in [1.54, 1.807) is 6.07 Å². The number of carbonyl (C=O) groups excluding carboxylic acids is 1. The third-order valence-corrected chi connectivity index (χ3v) is 5.44. The number of piperidine rings is 1. The Morgan fingerprint density at radius 1 is 1.38 bits per heavy atom. The lowest BCUT2D eigenvalue weighted by Gasteiger charge is -2.30. The Morgan fingerprint density at radius 2 is 2.19 bits per heavy atom. The molecule has 21 heavy (non-hydrogen) atoms. The monoisotopic (exact) mass is 418 g/mol. The summed E-state index contributed by atoms with van der Waals surface area (Å²) in [6.07, 6.45) is 4.72. The number of halogens is 2. The van der Waals surface area contributed by atoms with Crippen molar-refractivity contribution in [3.63, 3.8) is 0 Å². The van der Waals surface area contributed by atoms with Crippen LogP contribution in [-0.4, -0.2) is 36.5 Å². The topological polar surface area (TPSA) is 32.3 Å². The lowest BCUT2D eigenvalue weighted by atomic mass is 9.98. The molecule has 1 aromatic rings. The number of carbonyl (C=O) groups is 1. The zero-order valence-electron chi connectivity index (χ0n) is 11.9. The van der Waals surface area contributed by atoms with E-state index in [1.165, 1.54) is 12.8 Å². The molecule has 1 atom stereocenters. The van der Waals surface area contributed by atoms with Crippen LogP contribution in [-0.2, 0) is 0 Å². The van der Waals surface area contributed by atoms with Crippen molar-refractivity contribution in [1.82, 2.24) is 10.2 Å². The molecule has 3 nitrogen and oxygen atoms in total. The van der Waals surface area contributed by atoms with Crippen molar-refractivity contribution >= 4 is 40.1 Å². The summed E-state index contributed by atoms with van der Waals surface area (Å²) in [5.74, 6) is 0.732. The molecule has 2 fully saturated rings. The molecule has 1 aromatic carbocycles. The molecule has 1 amide bonds. The summed E-state index contributed by atoms with van der Waals surface area (Å²) in [7, 11) is 0. The second-order valence-corrected chi connectivity index (χ2v) is 7.62. The Hall–Kier alpha value is -0.330. The maximum Gasteiger partial charge on any atom is 0.255 e. The summed E-state index contributed by atoms with van der Waals surface area (Å²) in [6.45, 7) is 3.02. The van der Waals surface area contributed by atoms with E-state index in [0.717, 1.165) is 41.6 Å². The van der Waals surface area contributed by atoms with Crippen LogP contribution in [0.2, 0.25) is 5.02 Å². The maximum absolute atomic E-state index is 12.9. The van der Waals surface area contributed by atoms with Gasteiger partial charge in [0, 0.05) is 21.2 Å². The molecule has 1 heterocycles. The summed E-state index contributed by atoms with van der Waals surface area (Å²) in [5, 5.41) is 4.07. The Kier molecular flexibility index (Phi) is 5.07. The highest BCUT2D eigenvalue weighted by Crippen LogP contribution is 2.31. The fourth-order valence-electron chi connectivity index (χ4n) is 2.96. The van der Waals surface area contributed by atoms with Crippen LogP contribution in [0.3, 0.4) is 0 Å². The summed E-state index contributed by atoms with van der Waals surface area (Å²) in [4.78, 5) is 15.0. The van der Waals surface area contributed by atoms with E-state index in [9.17, 15) is 4.79 Å². The average molecular weight is 419 g/mol. The molecule has 0 aromatic heterocycles. The highest BCUT2D eigenvalue weighted by Gasteiger charge is 2.35. The van der Waals surface area contributed by atoms with Crippen molar-refractivity contribution in [1.29, 1.82) is 0 Å². The molecule has 1 unspecified atom stereocenters. The molecule has 3 rings (SSSR count). The molecule has 2 aliphatic rings. The predicted molar refractivity (Wildman–Crippen MR) is 93.8 cm³/mol. The molecule has 1 N–H and O–H groups in total. The fourth-order valence-corrected chi connectivity index (χ4v) is 3.70. The van der Waals surface area contributed by atoms with Gasteiger partial charge in [-0.15, -0.1) is 0 Å². The highest BCUT2D eigenvalue weighted by atomic mass is 127. The lowest BCUT2D eigenvalue weighted by Crippen LogP contribution is -2.42. The van der Waals surface area contributed by atoms with Crippen LogP contribution in [0.25, 0.3) is 0 Å². The molecule has 0 bridgehead atoms.